The van der Waals surface area contributed by atoms with Gasteiger partial charge in [-0.1, -0.05) is 158 Å². The minimum atomic E-state index is 1.12. The lowest BCUT2D eigenvalue weighted by atomic mass is 9.86. The van der Waals surface area contributed by atoms with Crippen LogP contribution in [0.4, 0.5) is 17.1 Å². The number of fused-ring (bicyclic) bond motifs is 5. The molecule has 10 aromatic carbocycles. The SMILES string of the molecule is c1ccc(-c2cc(-c3ccccc3)cc(-c3cc4c5ccccc5c(-c5ccc(N(c6ccccc6)c6ccccc6)cc5)cc4c4ccccc34)c2)cc1. The summed E-state index contributed by atoms with van der Waals surface area (Å²) in [5.74, 6) is 0. The lowest BCUT2D eigenvalue weighted by Crippen LogP contribution is -2.09. The summed E-state index contributed by atoms with van der Waals surface area (Å²) < 4.78 is 0. The normalized spacial score (nSPS) is 11.3. The molecule has 0 atom stereocenters. The molecule has 0 heterocycles. The average Bonchev–Trinajstić information content (AvgIpc) is 3.27. The minimum Gasteiger partial charge on any atom is -0.311 e. The minimum absolute atomic E-state index is 1.12. The van der Waals surface area contributed by atoms with Crippen molar-refractivity contribution >= 4 is 49.4 Å². The second-order valence-electron chi connectivity index (χ2n) is 14.1. The zero-order valence-corrected chi connectivity index (χ0v) is 30.3. The van der Waals surface area contributed by atoms with Crippen LogP contribution in [-0.2, 0) is 0 Å². The van der Waals surface area contributed by atoms with Crippen LogP contribution in [0.25, 0.3) is 76.8 Å². The highest BCUT2D eigenvalue weighted by Gasteiger charge is 2.17. The first-order chi connectivity index (χ1) is 27.3. The van der Waals surface area contributed by atoms with E-state index in [4.69, 9.17) is 0 Å². The van der Waals surface area contributed by atoms with Crippen LogP contribution in [0.1, 0.15) is 0 Å². The van der Waals surface area contributed by atoms with Gasteiger partial charge in [0.2, 0.25) is 0 Å². The molecular weight excluding hydrogens is 663 g/mol. The number of nitrogens with zero attached hydrogens (tertiary/aromatic N) is 1. The van der Waals surface area contributed by atoms with E-state index in [2.05, 4.69) is 229 Å². The molecule has 0 fully saturated rings. The monoisotopic (exact) mass is 699 g/mol. The van der Waals surface area contributed by atoms with Crippen molar-refractivity contribution in [3.8, 4) is 44.5 Å². The van der Waals surface area contributed by atoms with Gasteiger partial charge >= 0.3 is 0 Å². The van der Waals surface area contributed by atoms with E-state index in [0.717, 1.165) is 17.1 Å². The summed E-state index contributed by atoms with van der Waals surface area (Å²) in [6.45, 7) is 0. The Morgan fingerprint density at radius 2 is 0.545 bits per heavy atom. The molecule has 0 bridgehead atoms. The smallest absolute Gasteiger partial charge is 0.0462 e. The van der Waals surface area contributed by atoms with Crippen molar-refractivity contribution in [2.45, 2.75) is 0 Å². The molecular formula is C54H37N. The third-order valence-electron chi connectivity index (χ3n) is 10.8. The van der Waals surface area contributed by atoms with E-state index in [1.807, 2.05) is 0 Å². The molecule has 1 nitrogen and oxygen atoms in total. The van der Waals surface area contributed by atoms with Gasteiger partial charge in [-0.15, -0.1) is 0 Å². The van der Waals surface area contributed by atoms with Crippen molar-refractivity contribution in [3.63, 3.8) is 0 Å². The molecule has 0 unspecified atom stereocenters. The maximum Gasteiger partial charge on any atom is 0.0462 e. The van der Waals surface area contributed by atoms with E-state index < -0.39 is 0 Å². The summed E-state index contributed by atoms with van der Waals surface area (Å²) in [4.78, 5) is 2.31. The quantitative estimate of drug-likeness (QED) is 0.150. The van der Waals surface area contributed by atoms with Crippen molar-refractivity contribution in [1.82, 2.24) is 0 Å². The Morgan fingerprint density at radius 3 is 1.00 bits per heavy atom. The number of hydrogen-bond acceptors (Lipinski definition) is 1. The van der Waals surface area contributed by atoms with Gasteiger partial charge in [0.05, 0.1) is 0 Å². The molecule has 0 amide bonds. The van der Waals surface area contributed by atoms with Gasteiger partial charge in [-0.3, -0.25) is 0 Å². The molecule has 10 aromatic rings. The molecule has 0 aliphatic heterocycles. The number of rotatable bonds is 7. The maximum absolute atomic E-state index is 2.43. The van der Waals surface area contributed by atoms with Crippen LogP contribution in [0.2, 0.25) is 0 Å². The van der Waals surface area contributed by atoms with Gasteiger partial charge in [-0.2, -0.15) is 0 Å². The van der Waals surface area contributed by atoms with Gasteiger partial charge in [-0.25, -0.2) is 0 Å². The second-order valence-corrected chi connectivity index (χ2v) is 14.1. The molecule has 0 aromatic heterocycles. The number of anilines is 3. The number of para-hydroxylation sites is 2. The summed E-state index contributed by atoms with van der Waals surface area (Å²) in [5, 5.41) is 7.52. The molecule has 0 saturated carbocycles. The topological polar surface area (TPSA) is 3.24 Å². The van der Waals surface area contributed by atoms with E-state index in [0.29, 0.717) is 0 Å². The van der Waals surface area contributed by atoms with E-state index in [1.165, 1.54) is 76.8 Å². The average molecular weight is 700 g/mol. The predicted octanol–water partition coefficient (Wildman–Crippen LogP) is 15.3. The van der Waals surface area contributed by atoms with Crippen molar-refractivity contribution in [3.05, 3.63) is 224 Å². The van der Waals surface area contributed by atoms with Gasteiger partial charge in [-0.05, 0) is 144 Å². The fourth-order valence-corrected chi connectivity index (χ4v) is 8.20. The first-order valence-corrected chi connectivity index (χ1v) is 18.9. The molecule has 0 spiro atoms. The van der Waals surface area contributed by atoms with Crippen molar-refractivity contribution < 1.29 is 0 Å². The van der Waals surface area contributed by atoms with Crippen LogP contribution in [0.3, 0.4) is 0 Å². The Labute approximate surface area is 322 Å². The third kappa shape index (κ3) is 6.02. The van der Waals surface area contributed by atoms with Crippen LogP contribution in [0.5, 0.6) is 0 Å². The Balaban J connectivity index is 1.16. The molecule has 0 aliphatic rings. The maximum atomic E-state index is 2.43. The lowest BCUT2D eigenvalue weighted by molar-refractivity contribution is 1.28. The van der Waals surface area contributed by atoms with Gasteiger partial charge in [0.15, 0.2) is 0 Å². The van der Waals surface area contributed by atoms with E-state index in [1.54, 1.807) is 0 Å². The van der Waals surface area contributed by atoms with Crippen LogP contribution in [0.15, 0.2) is 224 Å². The fourth-order valence-electron chi connectivity index (χ4n) is 8.20. The van der Waals surface area contributed by atoms with Crippen LogP contribution in [-0.4, -0.2) is 0 Å². The summed E-state index contributed by atoms with van der Waals surface area (Å²) in [5.41, 5.74) is 13.1. The summed E-state index contributed by atoms with van der Waals surface area (Å²) in [7, 11) is 0. The zero-order chi connectivity index (χ0) is 36.6. The van der Waals surface area contributed by atoms with E-state index >= 15 is 0 Å². The summed E-state index contributed by atoms with van der Waals surface area (Å²) >= 11 is 0. The van der Waals surface area contributed by atoms with Gasteiger partial charge in [0.25, 0.3) is 0 Å². The molecule has 0 saturated heterocycles. The van der Waals surface area contributed by atoms with Crippen molar-refractivity contribution in [2.75, 3.05) is 4.90 Å². The molecule has 10 rings (SSSR count). The Morgan fingerprint density at radius 1 is 0.200 bits per heavy atom. The van der Waals surface area contributed by atoms with Gasteiger partial charge < -0.3 is 4.90 Å². The first-order valence-electron chi connectivity index (χ1n) is 18.9. The first kappa shape index (κ1) is 32.4. The number of hydrogen-bond donors (Lipinski definition) is 0. The van der Waals surface area contributed by atoms with Crippen LogP contribution in [0, 0.1) is 0 Å². The highest BCUT2D eigenvalue weighted by Crippen LogP contribution is 2.44. The van der Waals surface area contributed by atoms with Crippen molar-refractivity contribution in [1.29, 1.82) is 0 Å². The summed E-state index contributed by atoms with van der Waals surface area (Å²) in [6.07, 6.45) is 0. The van der Waals surface area contributed by atoms with E-state index in [9.17, 15) is 0 Å². The Hall–Kier alpha value is -7.22. The largest absolute Gasteiger partial charge is 0.311 e. The molecule has 1 heteroatoms. The van der Waals surface area contributed by atoms with Crippen LogP contribution >= 0.6 is 0 Å². The fraction of sp³-hybridized carbons (Fsp3) is 0. The second kappa shape index (κ2) is 14.0. The molecule has 258 valence electrons. The predicted molar refractivity (Wildman–Crippen MR) is 235 cm³/mol. The van der Waals surface area contributed by atoms with Gasteiger partial charge in [0, 0.05) is 17.1 Å². The third-order valence-corrected chi connectivity index (χ3v) is 10.8. The van der Waals surface area contributed by atoms with Crippen LogP contribution < -0.4 is 4.90 Å². The van der Waals surface area contributed by atoms with Gasteiger partial charge in [0.1, 0.15) is 0 Å². The Bertz CT molecular complexity index is 2840. The molecule has 0 aliphatic carbocycles. The highest BCUT2D eigenvalue weighted by atomic mass is 15.1. The standard InChI is InChI=1S/C54H37N/c1-5-17-38(18-6-1)41-33-42(39-19-7-2-8-20-39)35-43(34-41)52-37-54-49-27-15-13-25-47(49)51(36-53(54)50-28-16-14-26-48(50)52)40-29-31-46(32-30-40)55(44-21-9-3-10-22-44)45-23-11-4-12-24-45/h1-37H. The molecule has 0 N–H and O–H groups in total. The Kier molecular flexibility index (Phi) is 8.24. The summed E-state index contributed by atoms with van der Waals surface area (Å²) in [6, 6.07) is 81.4. The molecule has 0 radical (unpaired) electrons. The van der Waals surface area contributed by atoms with E-state index in [-0.39, 0.29) is 0 Å². The highest BCUT2D eigenvalue weighted by molar-refractivity contribution is 6.24. The molecule has 55 heavy (non-hydrogen) atoms. The number of benzene rings is 10. The lowest BCUT2D eigenvalue weighted by Gasteiger charge is -2.25. The zero-order valence-electron chi connectivity index (χ0n) is 30.3. The van der Waals surface area contributed by atoms with Crippen molar-refractivity contribution in [2.24, 2.45) is 0 Å².